The van der Waals surface area contributed by atoms with Crippen LogP contribution in [-0.4, -0.2) is 47.3 Å². The van der Waals surface area contributed by atoms with Gasteiger partial charge in [0.05, 0.1) is 0 Å². The van der Waals surface area contributed by atoms with Gasteiger partial charge in [0, 0.05) is 11.7 Å². The topological polar surface area (TPSA) is 54.9 Å². The molecule has 4 nitrogen and oxygen atoms in total. The van der Waals surface area contributed by atoms with Crippen molar-refractivity contribution in [2.45, 2.75) is 33.2 Å². The van der Waals surface area contributed by atoms with Crippen LogP contribution in [0.15, 0.2) is 14.1 Å². The second kappa shape index (κ2) is 6.23. The van der Waals surface area contributed by atoms with E-state index >= 15 is 0 Å². The third-order valence-electron chi connectivity index (χ3n) is 2.28. The van der Waals surface area contributed by atoms with Gasteiger partial charge in [-0.05, 0) is 36.2 Å². The van der Waals surface area contributed by atoms with E-state index in [1.807, 2.05) is 13.8 Å². The molecule has 82 valence electrons. The van der Waals surface area contributed by atoms with Gasteiger partial charge < -0.3 is 7.84 Å². The van der Waals surface area contributed by atoms with Gasteiger partial charge in [-0.15, -0.1) is 0 Å². The molecule has 1 N–H and O–H groups in total. The van der Waals surface area contributed by atoms with E-state index in [0.717, 1.165) is 6.42 Å². The molecule has 0 bridgehead atoms. The first-order chi connectivity index (χ1) is 6.49. The smallest absolute Gasteiger partial charge is 1.00 e. The molecule has 0 aliphatic rings. The van der Waals surface area contributed by atoms with Gasteiger partial charge in [-0.2, -0.15) is 0 Å². The van der Waals surface area contributed by atoms with Crippen molar-refractivity contribution in [3.8, 4) is 0 Å². The maximum Gasteiger partial charge on any atom is 2.00 e. The molecule has 0 aliphatic heterocycles. The van der Waals surface area contributed by atoms with Crippen LogP contribution in [0.3, 0.4) is 0 Å². The average molecular weight is 303 g/mol. The van der Waals surface area contributed by atoms with Gasteiger partial charge in [-0.25, -0.2) is 4.79 Å². The van der Waals surface area contributed by atoms with E-state index < -0.39 is 0 Å². The van der Waals surface area contributed by atoms with Crippen LogP contribution in [0.4, 0.5) is 0 Å². The molecule has 0 radical (unpaired) electrons. The van der Waals surface area contributed by atoms with E-state index in [4.69, 9.17) is 0 Å². The zero-order chi connectivity index (χ0) is 10.9. The molecule has 0 saturated carbocycles. The molecule has 1 rings (SSSR count). The van der Waals surface area contributed by atoms with E-state index in [1.54, 1.807) is 6.92 Å². The van der Waals surface area contributed by atoms with Crippen LogP contribution in [-0.2, 0) is 0 Å². The van der Waals surface area contributed by atoms with Gasteiger partial charge in [-0.3, -0.25) is 9.36 Å². The normalized spacial score (nSPS) is 12.0. The van der Waals surface area contributed by atoms with Crippen molar-refractivity contribution in [1.82, 2.24) is 9.55 Å². The fraction of sp³-hybridized carbons (Fsp3) is 0.556. The van der Waals surface area contributed by atoms with Crippen LogP contribution in [0.2, 0.25) is 0 Å². The van der Waals surface area contributed by atoms with Crippen molar-refractivity contribution in [3.63, 3.8) is 0 Å². The predicted octanol–water partition coefficient (Wildman–Crippen LogP) is 1.42. The van der Waals surface area contributed by atoms with Gasteiger partial charge in [0.2, 0.25) is 0 Å². The molecule has 0 aromatic carbocycles. The molecule has 0 fully saturated rings. The zero-order valence-electron chi connectivity index (χ0n) is 11.1. The minimum Gasteiger partial charge on any atom is -1.00 e. The first kappa shape index (κ1) is 15.4. The van der Waals surface area contributed by atoms with Crippen molar-refractivity contribution < 1.29 is 2.85 Å². The summed E-state index contributed by atoms with van der Waals surface area (Å²) in [4.78, 5) is 25.8. The summed E-state index contributed by atoms with van der Waals surface area (Å²) in [7, 11) is 0. The number of H-pyrrole nitrogens is 1. The first-order valence-corrected chi connectivity index (χ1v) is 5.29. The standard InChI is InChI=1S/C9H13BrN2O2.Ca.2H/c1-4-5(2)12-8(13)7(10)6(3)11-9(12)14;;;/h5H,4H2,1-3H3,(H,11,14);;;/q;+2;2*-1. The van der Waals surface area contributed by atoms with Crippen molar-refractivity contribution >= 4 is 53.7 Å². The van der Waals surface area contributed by atoms with Crippen LogP contribution in [0.25, 0.3) is 0 Å². The summed E-state index contributed by atoms with van der Waals surface area (Å²) < 4.78 is 1.66. The monoisotopic (exact) mass is 302 g/mol. The second-order valence-corrected chi connectivity index (χ2v) is 4.09. The maximum atomic E-state index is 11.7. The Labute approximate surface area is 129 Å². The number of aromatic nitrogens is 2. The number of halogens is 1. The SMILES string of the molecule is CCC(C)n1c(=O)[nH]c(C)c(Br)c1=O.[Ca+2].[H-].[H-]. The molecule has 0 spiro atoms. The van der Waals surface area contributed by atoms with Gasteiger partial charge in [0.1, 0.15) is 4.47 Å². The van der Waals surface area contributed by atoms with Gasteiger partial charge in [-0.1, -0.05) is 6.92 Å². The van der Waals surface area contributed by atoms with Crippen molar-refractivity contribution in [2.24, 2.45) is 0 Å². The molecular formula is C9H15BrCaN2O2. The summed E-state index contributed by atoms with van der Waals surface area (Å²) in [6.07, 6.45) is 0.748. The zero-order valence-corrected chi connectivity index (χ0v) is 12.9. The minimum atomic E-state index is -0.343. The number of hydrogen-bond acceptors (Lipinski definition) is 2. The van der Waals surface area contributed by atoms with Crippen LogP contribution in [0.5, 0.6) is 0 Å². The summed E-state index contributed by atoms with van der Waals surface area (Å²) >= 11 is 3.16. The van der Waals surface area contributed by atoms with Gasteiger partial charge in [0.25, 0.3) is 5.56 Å². The Morgan fingerprint density at radius 1 is 1.53 bits per heavy atom. The summed E-state index contributed by atoms with van der Waals surface area (Å²) in [5.74, 6) is 0. The molecule has 0 aliphatic carbocycles. The third-order valence-corrected chi connectivity index (χ3v) is 3.21. The summed E-state index contributed by atoms with van der Waals surface area (Å²) in [6.45, 7) is 5.47. The largest absolute Gasteiger partial charge is 2.00 e. The molecule has 1 heterocycles. The number of rotatable bonds is 2. The number of nitrogens with zero attached hydrogens (tertiary/aromatic N) is 1. The molecule has 15 heavy (non-hydrogen) atoms. The van der Waals surface area contributed by atoms with Crippen molar-refractivity contribution in [2.75, 3.05) is 0 Å². The quantitative estimate of drug-likeness (QED) is 0.840. The Balaban J connectivity index is -0.000000653. The molecule has 1 aromatic heterocycles. The molecule has 1 aromatic rings. The predicted molar refractivity (Wildman–Crippen MR) is 66.7 cm³/mol. The Hall–Kier alpha value is 0.420. The van der Waals surface area contributed by atoms with Crippen LogP contribution in [0.1, 0.15) is 34.9 Å². The van der Waals surface area contributed by atoms with Gasteiger partial charge in [0.15, 0.2) is 0 Å². The summed E-state index contributed by atoms with van der Waals surface area (Å²) in [5, 5.41) is 0. The Kier molecular flexibility index (Phi) is 6.40. The first-order valence-electron chi connectivity index (χ1n) is 4.50. The van der Waals surface area contributed by atoms with Crippen molar-refractivity contribution in [3.05, 3.63) is 31.0 Å². The molecule has 6 heteroatoms. The van der Waals surface area contributed by atoms with Crippen molar-refractivity contribution in [1.29, 1.82) is 0 Å². The molecular weight excluding hydrogens is 288 g/mol. The van der Waals surface area contributed by atoms with Crippen LogP contribution < -0.4 is 11.2 Å². The number of aromatic amines is 1. The van der Waals surface area contributed by atoms with E-state index in [0.29, 0.717) is 10.2 Å². The fourth-order valence-corrected chi connectivity index (χ4v) is 1.51. The molecule has 1 unspecified atom stereocenters. The van der Waals surface area contributed by atoms with E-state index in [1.165, 1.54) is 4.57 Å². The summed E-state index contributed by atoms with van der Waals surface area (Å²) in [5.41, 5.74) is -0.0368. The van der Waals surface area contributed by atoms with Crippen LogP contribution in [0, 0.1) is 6.92 Å². The minimum absolute atomic E-state index is 0. The van der Waals surface area contributed by atoms with Crippen LogP contribution >= 0.6 is 15.9 Å². The Bertz CT molecular complexity index is 461. The Morgan fingerprint density at radius 2 is 2.07 bits per heavy atom. The Morgan fingerprint density at radius 3 is 2.53 bits per heavy atom. The number of nitrogens with one attached hydrogen (secondary N) is 1. The number of aryl methyl sites for hydroxylation is 1. The second-order valence-electron chi connectivity index (χ2n) is 3.30. The van der Waals surface area contributed by atoms with Gasteiger partial charge >= 0.3 is 43.4 Å². The average Bonchev–Trinajstić information content (AvgIpc) is 2.14. The maximum absolute atomic E-state index is 11.7. The van der Waals surface area contributed by atoms with E-state index in [-0.39, 0.29) is 57.9 Å². The van der Waals surface area contributed by atoms with E-state index in [9.17, 15) is 9.59 Å². The van der Waals surface area contributed by atoms with E-state index in [2.05, 4.69) is 20.9 Å². The fourth-order valence-electron chi connectivity index (χ4n) is 1.22. The number of hydrogen-bond donors (Lipinski definition) is 1. The summed E-state index contributed by atoms with van der Waals surface area (Å²) in [6, 6.07) is -0.0804. The molecule has 1 atom stereocenters. The molecule has 0 saturated heterocycles. The third kappa shape index (κ3) is 3.19. The molecule has 0 amide bonds.